The van der Waals surface area contributed by atoms with Crippen molar-refractivity contribution in [1.29, 1.82) is 0 Å². The van der Waals surface area contributed by atoms with Crippen molar-refractivity contribution in [2.75, 3.05) is 0 Å². The molecule has 0 atom stereocenters. The maximum Gasteiger partial charge on any atom is 0.254 e. The predicted octanol–water partition coefficient (Wildman–Crippen LogP) is 1.10. The lowest BCUT2D eigenvalue weighted by atomic mass is 10.1. The number of H-pyrrole nitrogens is 1. The molecule has 0 radical (unpaired) electrons. The first-order chi connectivity index (χ1) is 10.9. The molecule has 0 aliphatic rings. The van der Waals surface area contributed by atoms with Gasteiger partial charge >= 0.3 is 0 Å². The lowest BCUT2D eigenvalue weighted by Gasteiger charge is -2.11. The number of amides is 1. The van der Waals surface area contributed by atoms with Crippen molar-refractivity contribution in [2.45, 2.75) is 47.2 Å². The topological polar surface area (TPSA) is 92.7 Å². The summed E-state index contributed by atoms with van der Waals surface area (Å²) >= 11 is 0. The normalized spacial score (nSPS) is 11.0. The highest BCUT2D eigenvalue weighted by atomic mass is 16.2. The van der Waals surface area contributed by atoms with Crippen molar-refractivity contribution in [1.82, 2.24) is 24.8 Å². The number of aromatic nitrogens is 4. The molecule has 2 N–H and O–H groups in total. The number of nitrogens with zero attached hydrogens (tertiary/aromatic N) is 3. The molecular weight excluding hydrogens is 294 g/mol. The highest BCUT2D eigenvalue weighted by Gasteiger charge is 2.12. The number of hydrogen-bond donors (Lipinski definition) is 2. The van der Waals surface area contributed by atoms with Gasteiger partial charge in [-0.3, -0.25) is 9.59 Å². The molecule has 2 aromatic rings. The fourth-order valence-electron chi connectivity index (χ4n) is 2.42. The summed E-state index contributed by atoms with van der Waals surface area (Å²) in [6.45, 7) is 8.95. The Balaban J connectivity index is 1.99. The molecule has 0 fully saturated rings. The van der Waals surface area contributed by atoms with Crippen molar-refractivity contribution in [3.8, 4) is 0 Å². The molecule has 0 aromatic carbocycles. The van der Waals surface area contributed by atoms with Crippen LogP contribution in [0.2, 0.25) is 0 Å². The summed E-state index contributed by atoms with van der Waals surface area (Å²) in [6.07, 6.45) is 3.53. The Morgan fingerprint density at radius 1 is 1.39 bits per heavy atom. The third-order valence-corrected chi connectivity index (χ3v) is 3.51. The fraction of sp³-hybridized carbons (Fsp3) is 0.500. The van der Waals surface area contributed by atoms with Gasteiger partial charge in [-0.1, -0.05) is 13.8 Å². The minimum Gasteiger partial charge on any atom is -0.350 e. The van der Waals surface area contributed by atoms with E-state index in [2.05, 4.69) is 34.1 Å². The zero-order valence-corrected chi connectivity index (χ0v) is 14.0. The van der Waals surface area contributed by atoms with Crippen LogP contribution in [-0.4, -0.2) is 25.4 Å². The zero-order valence-electron chi connectivity index (χ0n) is 14.0. The van der Waals surface area contributed by atoms with E-state index in [9.17, 15) is 9.59 Å². The first-order valence-electron chi connectivity index (χ1n) is 7.69. The molecule has 2 rings (SSSR count). The van der Waals surface area contributed by atoms with Crippen LogP contribution in [0.5, 0.6) is 0 Å². The molecule has 0 aliphatic heterocycles. The second kappa shape index (κ2) is 7.21. The molecule has 0 aliphatic carbocycles. The smallest absolute Gasteiger partial charge is 0.254 e. The standard InChI is InChI=1S/C16H23N5O2/c1-10(2)8-21-9-17-6-13(21)7-18-15(22)5-14-11(3)19-12(4)20-16(14)23/h6,9-10H,5,7-8H2,1-4H3,(H,18,22)(H,19,20,23). The van der Waals surface area contributed by atoms with Crippen LogP contribution in [0, 0.1) is 19.8 Å². The second-order valence-corrected chi connectivity index (χ2v) is 6.10. The van der Waals surface area contributed by atoms with Crippen molar-refractivity contribution in [2.24, 2.45) is 5.92 Å². The molecule has 124 valence electrons. The van der Waals surface area contributed by atoms with Crippen LogP contribution in [0.25, 0.3) is 0 Å². The monoisotopic (exact) mass is 317 g/mol. The number of rotatable bonds is 6. The molecule has 0 spiro atoms. The molecule has 0 saturated carbocycles. The van der Waals surface area contributed by atoms with E-state index in [1.165, 1.54) is 0 Å². The van der Waals surface area contributed by atoms with Crippen molar-refractivity contribution < 1.29 is 4.79 Å². The Hall–Kier alpha value is -2.44. The SMILES string of the molecule is Cc1nc(C)c(CC(=O)NCc2cncn2CC(C)C)c(=O)[nH]1. The Morgan fingerprint density at radius 3 is 2.78 bits per heavy atom. The van der Waals surface area contributed by atoms with Gasteiger partial charge in [0.25, 0.3) is 5.56 Å². The highest BCUT2D eigenvalue weighted by Crippen LogP contribution is 2.05. The summed E-state index contributed by atoms with van der Waals surface area (Å²) in [7, 11) is 0. The molecular formula is C16H23N5O2. The minimum atomic E-state index is -0.255. The van der Waals surface area contributed by atoms with E-state index in [1.807, 2.05) is 4.57 Å². The van der Waals surface area contributed by atoms with Crippen LogP contribution in [-0.2, 0) is 24.3 Å². The van der Waals surface area contributed by atoms with Gasteiger partial charge in [0.15, 0.2) is 0 Å². The van der Waals surface area contributed by atoms with E-state index in [-0.39, 0.29) is 17.9 Å². The van der Waals surface area contributed by atoms with Crippen LogP contribution >= 0.6 is 0 Å². The average molecular weight is 317 g/mol. The van der Waals surface area contributed by atoms with Gasteiger partial charge < -0.3 is 14.9 Å². The summed E-state index contributed by atoms with van der Waals surface area (Å²) < 4.78 is 2.02. The Labute approximate surface area is 135 Å². The van der Waals surface area contributed by atoms with Crippen LogP contribution in [0.4, 0.5) is 0 Å². The summed E-state index contributed by atoms with van der Waals surface area (Å²) in [5.74, 6) is 0.842. The van der Waals surface area contributed by atoms with Gasteiger partial charge in [-0.15, -0.1) is 0 Å². The summed E-state index contributed by atoms with van der Waals surface area (Å²) in [5.41, 5.74) is 1.68. The second-order valence-electron chi connectivity index (χ2n) is 6.10. The van der Waals surface area contributed by atoms with E-state index in [0.29, 0.717) is 29.5 Å². The van der Waals surface area contributed by atoms with Gasteiger partial charge in [0.2, 0.25) is 5.91 Å². The third-order valence-electron chi connectivity index (χ3n) is 3.51. The van der Waals surface area contributed by atoms with Crippen LogP contribution in [0.1, 0.15) is 36.6 Å². The first kappa shape index (κ1) is 16.9. The number of aromatic amines is 1. The van der Waals surface area contributed by atoms with E-state index in [0.717, 1.165) is 12.2 Å². The maximum atomic E-state index is 12.1. The van der Waals surface area contributed by atoms with Gasteiger partial charge in [-0.05, 0) is 19.8 Å². The number of carbonyl (C=O) groups excluding carboxylic acids is 1. The third kappa shape index (κ3) is 4.51. The number of carbonyl (C=O) groups is 1. The largest absolute Gasteiger partial charge is 0.350 e. The van der Waals surface area contributed by atoms with Crippen molar-refractivity contribution in [3.05, 3.63) is 45.7 Å². The predicted molar refractivity (Wildman–Crippen MR) is 86.9 cm³/mol. The number of aryl methyl sites for hydroxylation is 2. The lowest BCUT2D eigenvalue weighted by Crippen LogP contribution is -2.29. The van der Waals surface area contributed by atoms with Crippen molar-refractivity contribution in [3.63, 3.8) is 0 Å². The fourth-order valence-corrected chi connectivity index (χ4v) is 2.42. The molecule has 0 bridgehead atoms. The number of imidazole rings is 1. The van der Waals surface area contributed by atoms with Crippen LogP contribution in [0.3, 0.4) is 0 Å². The molecule has 23 heavy (non-hydrogen) atoms. The summed E-state index contributed by atoms with van der Waals surface area (Å²) in [5, 5.41) is 2.84. The van der Waals surface area contributed by atoms with Gasteiger partial charge in [0.05, 0.1) is 25.0 Å². The zero-order chi connectivity index (χ0) is 17.0. The van der Waals surface area contributed by atoms with E-state index >= 15 is 0 Å². The molecule has 7 nitrogen and oxygen atoms in total. The first-order valence-corrected chi connectivity index (χ1v) is 7.69. The number of hydrogen-bond acceptors (Lipinski definition) is 4. The Bertz CT molecular complexity index is 745. The molecule has 0 saturated heterocycles. The molecule has 0 unspecified atom stereocenters. The molecule has 7 heteroatoms. The average Bonchev–Trinajstić information content (AvgIpc) is 2.87. The maximum absolute atomic E-state index is 12.1. The van der Waals surface area contributed by atoms with E-state index < -0.39 is 0 Å². The minimum absolute atomic E-state index is 0.0206. The highest BCUT2D eigenvalue weighted by molar-refractivity contribution is 5.78. The molecule has 2 heterocycles. The lowest BCUT2D eigenvalue weighted by molar-refractivity contribution is -0.120. The number of nitrogens with one attached hydrogen (secondary N) is 2. The van der Waals surface area contributed by atoms with Gasteiger partial charge in [-0.25, -0.2) is 9.97 Å². The van der Waals surface area contributed by atoms with Crippen LogP contribution in [0.15, 0.2) is 17.3 Å². The quantitative estimate of drug-likeness (QED) is 0.834. The van der Waals surface area contributed by atoms with Crippen LogP contribution < -0.4 is 10.9 Å². The molecule has 2 aromatic heterocycles. The molecule has 1 amide bonds. The van der Waals surface area contributed by atoms with E-state index in [1.54, 1.807) is 26.4 Å². The van der Waals surface area contributed by atoms with Crippen molar-refractivity contribution >= 4 is 5.91 Å². The summed E-state index contributed by atoms with van der Waals surface area (Å²) in [4.78, 5) is 35.0. The summed E-state index contributed by atoms with van der Waals surface area (Å²) in [6, 6.07) is 0. The Morgan fingerprint density at radius 2 is 2.13 bits per heavy atom. The van der Waals surface area contributed by atoms with Gasteiger partial charge in [-0.2, -0.15) is 0 Å². The van der Waals surface area contributed by atoms with Gasteiger partial charge in [0.1, 0.15) is 5.82 Å². The van der Waals surface area contributed by atoms with E-state index in [4.69, 9.17) is 0 Å². The van der Waals surface area contributed by atoms with Gasteiger partial charge in [0, 0.05) is 24.0 Å². The Kier molecular flexibility index (Phi) is 5.31.